The van der Waals surface area contributed by atoms with Gasteiger partial charge in [-0.15, -0.1) is 10.2 Å². The molecule has 6 aromatic rings. The van der Waals surface area contributed by atoms with Gasteiger partial charge in [-0.3, -0.25) is 76.7 Å². The summed E-state index contributed by atoms with van der Waals surface area (Å²) in [7, 11) is 0. The summed E-state index contributed by atoms with van der Waals surface area (Å²) in [6, 6.07) is 31.3. The van der Waals surface area contributed by atoms with Crippen LogP contribution in [-0.2, 0) is 94.3 Å². The predicted molar refractivity (Wildman–Crippen MR) is 385 cm³/mol. The highest BCUT2D eigenvalue weighted by Crippen LogP contribution is 2.23. The average Bonchev–Trinajstić information content (AvgIpc) is 1.57. The Hall–Kier alpha value is -11.5. The second-order valence-electron chi connectivity index (χ2n) is 23.2. The number of amides is 7. The van der Waals surface area contributed by atoms with E-state index >= 15 is 0 Å². The average molecular weight is 1500 g/mol. The Balaban J connectivity index is 0.00000121. The van der Waals surface area contributed by atoms with E-state index in [1.807, 2.05) is 88.4 Å². The molecule has 0 aliphatic heterocycles. The quantitative estimate of drug-likeness (QED) is 0.0286. The maximum atomic E-state index is 13.3. The largest absolute Gasteiger partial charge is 0.480 e. The molecule has 7 amide bonds. The van der Waals surface area contributed by atoms with E-state index in [1.165, 1.54) is 54.5 Å². The minimum Gasteiger partial charge on any atom is -0.480 e. The lowest BCUT2D eigenvalue weighted by Gasteiger charge is -2.14. The molecule has 5 aromatic carbocycles. The number of nitrogens with zero attached hydrogens (tertiary/aromatic N) is 3. The van der Waals surface area contributed by atoms with Crippen molar-refractivity contribution in [2.24, 2.45) is 0 Å². The molecule has 0 aliphatic carbocycles. The van der Waals surface area contributed by atoms with E-state index in [-0.39, 0.29) is 48.5 Å². The van der Waals surface area contributed by atoms with Crippen LogP contribution in [0.2, 0.25) is 10.0 Å². The third kappa shape index (κ3) is 38.9. The number of carboxylic acid groups (broad SMARTS) is 1. The fourth-order valence-electron chi connectivity index (χ4n) is 7.45. The van der Waals surface area contributed by atoms with Gasteiger partial charge >= 0.3 is 5.97 Å². The molecule has 6 rings (SSSR count). The van der Waals surface area contributed by atoms with Crippen molar-refractivity contribution < 1.29 is 91.0 Å². The maximum absolute atomic E-state index is 13.3. The van der Waals surface area contributed by atoms with Crippen LogP contribution in [0.4, 0.5) is 4.39 Å². The van der Waals surface area contributed by atoms with Crippen molar-refractivity contribution in [1.29, 1.82) is 0 Å². The Bertz CT molecular complexity index is 3870. The van der Waals surface area contributed by atoms with E-state index in [4.69, 9.17) is 28.3 Å². The molecule has 0 aliphatic rings. The molecule has 105 heavy (non-hydrogen) atoms. The van der Waals surface area contributed by atoms with Gasteiger partial charge in [-0.05, 0) is 125 Å². The van der Waals surface area contributed by atoms with Gasteiger partial charge in [0.1, 0.15) is 17.6 Å². The smallest absolute Gasteiger partial charge is 0.326 e. The summed E-state index contributed by atoms with van der Waals surface area (Å²) in [5.41, 5.74) is 6.69. The summed E-state index contributed by atoms with van der Waals surface area (Å²) < 4.78 is 13.3. The molecule has 0 bridgehead atoms. The molecule has 0 radical (unpaired) electrons. The molecule has 6 atom stereocenters. The normalized spacial score (nSPS) is 11.6. The van der Waals surface area contributed by atoms with Crippen LogP contribution in [0.3, 0.4) is 0 Å². The van der Waals surface area contributed by atoms with Gasteiger partial charge in [0, 0.05) is 71.4 Å². The molecule has 6 unspecified atom stereocenters. The third-order valence-electron chi connectivity index (χ3n) is 14.0. The lowest BCUT2D eigenvalue weighted by Crippen LogP contribution is -2.44. The standard InChI is InChI=1S/2C12H14ClNO2.C12H14FNO2.C12H13N5O2.C12H13NO4.C7H11NO3.C6H9NO3/c3*1-7-4-5-10(6-11(7)13)8(2)14-12(16)9(3)15;1-8(18)12(19)13-10(11-14-16-17-15-11)7-9-5-3-2-4-6-9;1-8(14)11(15)13-10(12(16)17)7-9-5-3-2-4-6-9;1-4(5(2)9)8-7(11)6(3)10;1-4(8)3-7-6(10)5(2)9/h3*4-6,8H,1-3H3,(H,14,16);2-6,10H,7H2,1H3,(H,13,19)(H,14,15,16,17);2-6,10H,7H2,1H3,(H,13,15)(H,16,17);4H,1-3H3,(H,8,11);3H2,1-2H3,(H,7,10). The van der Waals surface area contributed by atoms with Crippen molar-refractivity contribution in [3.63, 3.8) is 0 Å². The molecule has 0 fully saturated rings. The number of aryl methyl sites for hydroxylation is 3. The number of hydrogen-bond donors (Lipinski definition) is 9. The van der Waals surface area contributed by atoms with Crippen molar-refractivity contribution >= 4 is 123 Å². The first-order valence-electron chi connectivity index (χ1n) is 31.9. The molecule has 0 spiro atoms. The summed E-state index contributed by atoms with van der Waals surface area (Å²) in [4.78, 5) is 184. The zero-order valence-corrected chi connectivity index (χ0v) is 62.4. The minimum atomic E-state index is -1.16. The number of tetrazole rings is 1. The van der Waals surface area contributed by atoms with Gasteiger partial charge < -0.3 is 42.3 Å². The lowest BCUT2D eigenvalue weighted by atomic mass is 10.1. The number of halogens is 3. The minimum absolute atomic E-state index is 0.0710. The third-order valence-corrected chi connectivity index (χ3v) is 14.8. The Morgan fingerprint density at radius 2 is 0.781 bits per heavy atom. The number of carbonyl (C=O) groups excluding carboxylic acids is 16. The van der Waals surface area contributed by atoms with Gasteiger partial charge in [0.25, 0.3) is 41.4 Å². The Morgan fingerprint density at radius 3 is 1.10 bits per heavy atom. The fraction of sp³-hybridized carbons (Fsp3) is 0.342. The van der Waals surface area contributed by atoms with Crippen molar-refractivity contribution in [1.82, 2.24) is 57.8 Å². The number of nitrogens with one attached hydrogen (secondary N) is 8. The summed E-state index contributed by atoms with van der Waals surface area (Å²) >= 11 is 12.0. The van der Waals surface area contributed by atoms with Crippen LogP contribution in [0.5, 0.6) is 0 Å². The van der Waals surface area contributed by atoms with Gasteiger partial charge in [0.05, 0.1) is 36.8 Å². The first kappa shape index (κ1) is 93.5. The van der Waals surface area contributed by atoms with Crippen LogP contribution in [0.25, 0.3) is 0 Å². The molecule has 0 saturated carbocycles. The second kappa shape index (κ2) is 48.4. The van der Waals surface area contributed by atoms with Gasteiger partial charge in [-0.1, -0.05) is 125 Å². The molecule has 564 valence electrons. The van der Waals surface area contributed by atoms with Crippen LogP contribution >= 0.6 is 23.2 Å². The predicted octanol–water partition coefficient (Wildman–Crippen LogP) is 6.26. The molecular weight excluding hydrogens is 1410 g/mol. The van der Waals surface area contributed by atoms with E-state index in [0.29, 0.717) is 33.4 Å². The highest BCUT2D eigenvalue weighted by Gasteiger charge is 2.24. The summed E-state index contributed by atoms with van der Waals surface area (Å²) in [5.74, 6) is -10.2. The molecule has 1 heterocycles. The van der Waals surface area contributed by atoms with Crippen LogP contribution in [0, 0.1) is 26.6 Å². The second-order valence-corrected chi connectivity index (χ2v) is 24.0. The number of ketones is 9. The zero-order valence-electron chi connectivity index (χ0n) is 60.9. The SMILES string of the molecule is CC(=O)C(=O)NC(C)C(C)=O.CC(=O)C(=O)NC(C)c1ccc(C)c(Cl)c1.CC(=O)C(=O)NC(C)c1ccc(C)c(Cl)c1.CC(=O)C(=O)NC(C)c1ccc(C)c(F)c1.CC(=O)C(=O)NC(Cc1ccccc1)C(=O)O.CC(=O)C(=O)NC(Cc1ccccc1)c1nn[nH]n1.CC(=O)CNC(=O)C(C)=O. The molecular formula is C73H88Cl2FN11O18. The van der Waals surface area contributed by atoms with Crippen molar-refractivity contribution in [3.05, 3.63) is 181 Å². The number of hydrogen-bond acceptors (Lipinski definition) is 20. The maximum Gasteiger partial charge on any atom is 0.326 e. The van der Waals surface area contributed by atoms with E-state index < -0.39 is 106 Å². The molecule has 0 saturated heterocycles. The molecule has 1 aromatic heterocycles. The van der Waals surface area contributed by atoms with E-state index in [2.05, 4.69) is 57.8 Å². The summed E-state index contributed by atoms with van der Waals surface area (Å²) in [6.07, 6.45) is 0.634. The first-order valence-corrected chi connectivity index (χ1v) is 32.7. The van der Waals surface area contributed by atoms with Crippen LogP contribution in [-0.4, -0.2) is 144 Å². The van der Waals surface area contributed by atoms with Gasteiger partial charge in [0.15, 0.2) is 11.6 Å². The van der Waals surface area contributed by atoms with Gasteiger partial charge in [-0.2, -0.15) is 5.21 Å². The van der Waals surface area contributed by atoms with Crippen molar-refractivity contribution in [3.8, 4) is 0 Å². The van der Waals surface area contributed by atoms with E-state index in [0.717, 1.165) is 54.2 Å². The number of rotatable bonds is 25. The van der Waals surface area contributed by atoms with Crippen LogP contribution in [0.1, 0.15) is 165 Å². The summed E-state index contributed by atoms with van der Waals surface area (Å²) in [5, 5.41) is 40.6. The number of aromatic nitrogens is 4. The van der Waals surface area contributed by atoms with Crippen LogP contribution in [0.15, 0.2) is 115 Å². The Labute approximate surface area is 616 Å². The number of benzene rings is 5. The molecule has 9 N–H and O–H groups in total. The van der Waals surface area contributed by atoms with E-state index in [1.54, 1.807) is 62.4 Å². The topological polar surface area (TPSA) is 449 Å². The van der Waals surface area contributed by atoms with Crippen LogP contribution < -0.4 is 37.2 Å². The number of aliphatic carboxylic acids is 1. The highest BCUT2D eigenvalue weighted by molar-refractivity contribution is 6.38. The van der Waals surface area contributed by atoms with Crippen molar-refractivity contribution in [2.75, 3.05) is 6.54 Å². The summed E-state index contributed by atoms with van der Waals surface area (Å²) in [6.45, 7) is 23.2. The number of carboxylic acids is 1. The van der Waals surface area contributed by atoms with Gasteiger partial charge in [-0.25, -0.2) is 9.18 Å². The van der Waals surface area contributed by atoms with Gasteiger partial charge in [0.2, 0.25) is 40.5 Å². The lowest BCUT2D eigenvalue weighted by molar-refractivity contribution is -0.143. The monoisotopic (exact) mass is 1500 g/mol. The fourth-order valence-corrected chi connectivity index (χ4v) is 7.83. The number of aromatic amines is 1. The Morgan fingerprint density at radius 1 is 0.438 bits per heavy atom. The first-order chi connectivity index (χ1) is 48.9. The number of H-pyrrole nitrogens is 1. The van der Waals surface area contributed by atoms with E-state index in [9.17, 15) is 85.9 Å². The van der Waals surface area contributed by atoms with Crippen molar-refractivity contribution in [2.45, 2.75) is 160 Å². The zero-order chi connectivity index (χ0) is 80.5. The number of carbonyl (C=O) groups is 17. The molecule has 32 heteroatoms. The number of Topliss-reactive ketones (excluding diaryl/α,β-unsaturated/α-hetero) is 9. The highest BCUT2D eigenvalue weighted by atomic mass is 35.5. The molecule has 29 nitrogen and oxygen atoms in total. The Kier molecular flexibility index (Phi) is 43.1.